The maximum Gasteiger partial charge on any atom is 0.241 e. The average molecular weight is 239 g/mol. The van der Waals surface area contributed by atoms with Crippen LogP contribution < -0.4 is 10.7 Å². The lowest BCUT2D eigenvalue weighted by Gasteiger charge is -1.79. The summed E-state index contributed by atoms with van der Waals surface area (Å²) in [4.78, 5) is 19.4. The van der Waals surface area contributed by atoms with Crippen molar-refractivity contribution in [3.8, 4) is 0 Å². The van der Waals surface area contributed by atoms with E-state index < -0.39 is 10.2 Å². The highest BCUT2D eigenvalue weighted by molar-refractivity contribution is 4.54. The zero-order chi connectivity index (χ0) is 12.3. The summed E-state index contributed by atoms with van der Waals surface area (Å²) >= 11 is 0. The molecule has 0 atom stereocenters. The molecule has 0 amide bonds. The predicted molar refractivity (Wildman–Crippen MR) is 53.4 cm³/mol. The zero-order valence-corrected chi connectivity index (χ0v) is 8.73. The molecular formula is C5H13N5O6. The number of imidazole rings is 1. The second-order valence-electron chi connectivity index (χ2n) is 1.89. The van der Waals surface area contributed by atoms with Crippen LogP contribution in [0.2, 0.25) is 0 Å². The van der Waals surface area contributed by atoms with E-state index in [1.165, 1.54) is 0 Å². The maximum atomic E-state index is 8.25. The van der Waals surface area contributed by atoms with Crippen molar-refractivity contribution in [2.75, 3.05) is 0 Å². The topological polar surface area (TPSA) is 189 Å². The molecule has 1 heterocycles. The Morgan fingerprint density at radius 2 is 1.56 bits per heavy atom. The number of H-pyrrole nitrogens is 1. The smallest absolute Gasteiger partial charge is 0.241 e. The number of aromatic amines is 1. The number of hydrogen-bond acceptors (Lipinski definition) is 6. The first-order chi connectivity index (χ1) is 6.90. The van der Waals surface area contributed by atoms with Crippen LogP contribution in [0.4, 0.5) is 0 Å². The fourth-order valence-electron chi connectivity index (χ4n) is 0.517. The summed E-state index contributed by atoms with van der Waals surface area (Å²) in [5, 5.41) is 29.5. The molecule has 0 spiro atoms. The molecule has 1 aromatic heterocycles. The molecule has 0 aliphatic heterocycles. The number of nitrogens with zero attached hydrogens (tertiary/aromatic N) is 3. The Kier molecular flexibility index (Phi) is 15.1. The van der Waals surface area contributed by atoms with E-state index in [2.05, 4.69) is 16.5 Å². The van der Waals surface area contributed by atoms with Gasteiger partial charge >= 0.3 is 0 Å². The van der Waals surface area contributed by atoms with E-state index in [9.17, 15) is 0 Å². The van der Waals surface area contributed by atoms with E-state index in [0.717, 1.165) is 6.54 Å². The first-order valence-electron chi connectivity index (χ1n) is 3.55. The summed E-state index contributed by atoms with van der Waals surface area (Å²) < 4.78 is 2.07. The van der Waals surface area contributed by atoms with E-state index in [0.29, 0.717) is 0 Å². The van der Waals surface area contributed by atoms with Crippen LogP contribution in [-0.2, 0) is 6.54 Å². The Morgan fingerprint density at radius 1 is 1.19 bits per heavy atom. The van der Waals surface area contributed by atoms with E-state index in [-0.39, 0.29) is 6.15 Å². The molecule has 0 aliphatic carbocycles. The summed E-state index contributed by atoms with van der Waals surface area (Å²) in [6.45, 7) is 3.15. The minimum Gasteiger partial charge on any atom is -0.369 e. The zero-order valence-electron chi connectivity index (χ0n) is 8.73. The third-order valence-corrected chi connectivity index (χ3v) is 0.968. The van der Waals surface area contributed by atoms with Gasteiger partial charge in [-0.15, -0.1) is 0 Å². The fraction of sp³-hybridized carbons (Fsp3) is 0.400. The standard InChI is InChI=1S/C5H8N2.2NO3.H3N/c1-2-7-4-3-6-5-7;2*2-1(3)4;/h3-5H,2H2,1H3;;;1H3/q;2*-1;/p+2. The highest BCUT2D eigenvalue weighted by atomic mass is 16.9. The lowest BCUT2D eigenvalue weighted by Crippen LogP contribution is -2.27. The second kappa shape index (κ2) is 12.6. The molecule has 16 heavy (non-hydrogen) atoms. The number of rotatable bonds is 1. The van der Waals surface area contributed by atoms with Crippen molar-refractivity contribution < 1.29 is 14.7 Å². The predicted octanol–water partition coefficient (Wildman–Crippen LogP) is 0.220. The van der Waals surface area contributed by atoms with Crippen LogP contribution in [0.1, 0.15) is 6.92 Å². The first-order valence-corrected chi connectivity index (χ1v) is 3.55. The van der Waals surface area contributed by atoms with Gasteiger partial charge in [0.05, 0.1) is 16.7 Å². The number of quaternary nitrogens is 1. The molecule has 11 nitrogen and oxygen atoms in total. The Hall–Kier alpha value is -2.43. The van der Waals surface area contributed by atoms with Gasteiger partial charge in [0, 0.05) is 0 Å². The number of aromatic nitrogens is 2. The van der Waals surface area contributed by atoms with Crippen LogP contribution in [0.3, 0.4) is 0 Å². The van der Waals surface area contributed by atoms with E-state index in [1.54, 1.807) is 0 Å². The number of nitrogens with one attached hydrogen (secondary N) is 1. The molecule has 5 N–H and O–H groups in total. The van der Waals surface area contributed by atoms with Crippen molar-refractivity contribution in [3.63, 3.8) is 0 Å². The van der Waals surface area contributed by atoms with Crippen molar-refractivity contribution >= 4 is 0 Å². The van der Waals surface area contributed by atoms with Gasteiger partial charge in [0.1, 0.15) is 12.4 Å². The van der Waals surface area contributed by atoms with Gasteiger partial charge in [-0.1, -0.05) is 0 Å². The molecule has 0 saturated carbocycles. The van der Waals surface area contributed by atoms with Crippen LogP contribution in [0.15, 0.2) is 18.7 Å². The van der Waals surface area contributed by atoms with Gasteiger partial charge in [0.25, 0.3) is 0 Å². The van der Waals surface area contributed by atoms with Gasteiger partial charge in [0.15, 0.2) is 0 Å². The van der Waals surface area contributed by atoms with Crippen LogP contribution in [0.25, 0.3) is 0 Å². The molecule has 0 unspecified atom stereocenters. The lowest BCUT2D eigenvalue weighted by atomic mass is 10.7. The molecule has 94 valence electrons. The van der Waals surface area contributed by atoms with Gasteiger partial charge < -0.3 is 36.8 Å². The van der Waals surface area contributed by atoms with E-state index in [4.69, 9.17) is 30.6 Å². The molecular weight excluding hydrogens is 226 g/mol. The maximum absolute atomic E-state index is 8.25. The third-order valence-electron chi connectivity index (χ3n) is 0.968. The second-order valence-corrected chi connectivity index (χ2v) is 1.89. The van der Waals surface area contributed by atoms with Crippen LogP contribution in [0, 0.1) is 30.6 Å². The van der Waals surface area contributed by atoms with Crippen molar-refractivity contribution in [1.82, 2.24) is 11.1 Å². The minimum absolute atomic E-state index is 0. The summed E-state index contributed by atoms with van der Waals surface area (Å²) in [5.41, 5.74) is 0. The van der Waals surface area contributed by atoms with Gasteiger partial charge in [-0.2, -0.15) is 0 Å². The number of hydrogen-bond donors (Lipinski definition) is 2. The van der Waals surface area contributed by atoms with Crippen molar-refractivity contribution in [1.29, 1.82) is 0 Å². The summed E-state index contributed by atoms with van der Waals surface area (Å²) in [6.07, 6.45) is 5.84. The molecule has 1 rings (SSSR count). The lowest BCUT2D eigenvalue weighted by molar-refractivity contribution is -0.692. The minimum atomic E-state index is -1.75. The summed E-state index contributed by atoms with van der Waals surface area (Å²) in [6, 6.07) is 0. The summed E-state index contributed by atoms with van der Waals surface area (Å²) in [7, 11) is 0. The average Bonchev–Trinajstić information content (AvgIpc) is 2.52. The molecule has 11 heteroatoms. The largest absolute Gasteiger partial charge is 0.369 e. The van der Waals surface area contributed by atoms with Crippen LogP contribution in [-0.4, -0.2) is 15.2 Å². The van der Waals surface area contributed by atoms with Crippen molar-refractivity contribution in [2.24, 2.45) is 0 Å². The molecule has 0 radical (unpaired) electrons. The quantitative estimate of drug-likeness (QED) is 0.400. The monoisotopic (exact) mass is 239 g/mol. The van der Waals surface area contributed by atoms with Gasteiger partial charge in [-0.05, 0) is 6.92 Å². The highest BCUT2D eigenvalue weighted by Gasteiger charge is 1.85. The van der Waals surface area contributed by atoms with E-state index >= 15 is 0 Å². The van der Waals surface area contributed by atoms with Gasteiger partial charge in [-0.3, -0.25) is 4.98 Å². The van der Waals surface area contributed by atoms with Crippen LogP contribution >= 0.6 is 0 Å². The molecule has 0 saturated heterocycles. The highest BCUT2D eigenvalue weighted by Crippen LogP contribution is 1.65. The third kappa shape index (κ3) is 29.9. The number of aryl methyl sites for hydroxylation is 1. The molecule has 0 bridgehead atoms. The van der Waals surface area contributed by atoms with Gasteiger partial charge in [-0.25, -0.2) is 4.57 Å². The Bertz CT molecular complexity index is 255. The van der Waals surface area contributed by atoms with Gasteiger partial charge in [0.2, 0.25) is 6.33 Å². The first kappa shape index (κ1) is 19.2. The fourth-order valence-corrected chi connectivity index (χ4v) is 0.517. The Morgan fingerprint density at radius 3 is 1.69 bits per heavy atom. The van der Waals surface area contributed by atoms with E-state index in [1.807, 2.05) is 18.7 Å². The van der Waals surface area contributed by atoms with Crippen molar-refractivity contribution in [3.05, 3.63) is 49.4 Å². The molecule has 0 aliphatic rings. The Labute approximate surface area is 89.7 Å². The summed E-state index contributed by atoms with van der Waals surface area (Å²) in [5.74, 6) is 0. The van der Waals surface area contributed by atoms with Crippen LogP contribution in [0.5, 0.6) is 0 Å². The Balaban J connectivity index is -0.000000166. The molecule has 0 aromatic carbocycles. The molecule has 0 fully saturated rings. The SMILES string of the molecule is CC[n+]1cc[nH]c1.O=[N+]([O-])[O-].O=[N+]([O-])[O-].[NH4+]. The normalized spacial score (nSPS) is 7.06. The van der Waals surface area contributed by atoms with Crippen molar-refractivity contribution in [2.45, 2.75) is 13.5 Å². The molecule has 1 aromatic rings.